The molecule has 5 aromatic rings. The Kier molecular flexibility index (Phi) is 9.33. The van der Waals surface area contributed by atoms with Gasteiger partial charge in [0.25, 0.3) is 0 Å². The standard InChI is InChI=1S/C37H43N7/c1-24(2)28-12-16-32(38-20-28)43(33-17-13-29(21-39-33)25(3)4)36-10-9-11-37(42-36)44(34-18-14-30(22-40-34)26(5)6)35-19-15-31(23-41-35)27(7)8/h9-27H,1-8H3. The maximum atomic E-state index is 5.20. The molecule has 7 nitrogen and oxygen atoms in total. The second kappa shape index (κ2) is 13.3. The van der Waals surface area contributed by atoms with Crippen molar-refractivity contribution in [2.24, 2.45) is 0 Å². The molecule has 5 heterocycles. The zero-order valence-electron chi connectivity index (χ0n) is 27.1. The Balaban J connectivity index is 1.64. The zero-order valence-corrected chi connectivity index (χ0v) is 27.1. The van der Waals surface area contributed by atoms with E-state index in [0.717, 1.165) is 23.3 Å². The lowest BCUT2D eigenvalue weighted by atomic mass is 10.1. The van der Waals surface area contributed by atoms with Crippen LogP contribution in [0.15, 0.2) is 91.5 Å². The summed E-state index contributed by atoms with van der Waals surface area (Å²) in [6.07, 6.45) is 7.75. The van der Waals surface area contributed by atoms with Gasteiger partial charge >= 0.3 is 0 Å². The summed E-state index contributed by atoms with van der Waals surface area (Å²) in [5.74, 6) is 5.90. The van der Waals surface area contributed by atoms with Gasteiger partial charge in [0.1, 0.15) is 34.9 Å². The van der Waals surface area contributed by atoms with Gasteiger partial charge < -0.3 is 0 Å². The molecule has 0 saturated heterocycles. The van der Waals surface area contributed by atoms with Gasteiger partial charge in [0.2, 0.25) is 0 Å². The summed E-state index contributed by atoms with van der Waals surface area (Å²) in [4.78, 5) is 28.6. The second-order valence-electron chi connectivity index (χ2n) is 12.4. The summed E-state index contributed by atoms with van der Waals surface area (Å²) in [6.45, 7) is 17.4. The largest absolute Gasteiger partial charge is 0.262 e. The van der Waals surface area contributed by atoms with E-state index in [0.29, 0.717) is 35.3 Å². The van der Waals surface area contributed by atoms with Crippen molar-refractivity contribution in [1.29, 1.82) is 0 Å². The van der Waals surface area contributed by atoms with Gasteiger partial charge in [0.05, 0.1) is 0 Å². The monoisotopic (exact) mass is 585 g/mol. The first-order valence-electron chi connectivity index (χ1n) is 15.5. The van der Waals surface area contributed by atoms with Crippen molar-refractivity contribution >= 4 is 34.9 Å². The van der Waals surface area contributed by atoms with Crippen LogP contribution in [0.25, 0.3) is 0 Å². The van der Waals surface area contributed by atoms with Gasteiger partial charge in [-0.1, -0.05) is 85.7 Å². The summed E-state index contributed by atoms with van der Waals surface area (Å²) >= 11 is 0. The predicted molar refractivity (Wildman–Crippen MR) is 181 cm³/mol. The smallest absolute Gasteiger partial charge is 0.142 e. The molecule has 5 aromatic heterocycles. The lowest BCUT2D eigenvalue weighted by molar-refractivity contribution is 0.853. The molecule has 0 spiro atoms. The first-order valence-corrected chi connectivity index (χ1v) is 15.5. The first kappa shape index (κ1) is 30.8. The maximum Gasteiger partial charge on any atom is 0.142 e. The van der Waals surface area contributed by atoms with E-state index >= 15 is 0 Å². The van der Waals surface area contributed by atoms with Crippen molar-refractivity contribution in [3.05, 3.63) is 114 Å². The number of nitrogens with zero attached hydrogens (tertiary/aromatic N) is 7. The van der Waals surface area contributed by atoms with Crippen LogP contribution >= 0.6 is 0 Å². The molecule has 5 rings (SSSR count). The Morgan fingerprint density at radius 1 is 0.364 bits per heavy atom. The topological polar surface area (TPSA) is 70.9 Å². The molecule has 0 aliphatic rings. The average molecular weight is 586 g/mol. The molecule has 0 fully saturated rings. The molecule has 44 heavy (non-hydrogen) atoms. The Hall–Kier alpha value is -4.65. The Morgan fingerprint density at radius 2 is 0.636 bits per heavy atom. The maximum absolute atomic E-state index is 5.20. The summed E-state index contributed by atoms with van der Waals surface area (Å²) in [5.41, 5.74) is 4.71. The highest BCUT2D eigenvalue weighted by atomic mass is 15.3. The molecule has 0 unspecified atom stereocenters. The van der Waals surface area contributed by atoms with Crippen molar-refractivity contribution in [1.82, 2.24) is 24.9 Å². The fourth-order valence-electron chi connectivity index (χ4n) is 4.85. The summed E-state index contributed by atoms with van der Waals surface area (Å²) in [6, 6.07) is 22.6. The molecule has 226 valence electrons. The molecule has 0 amide bonds. The molecular weight excluding hydrogens is 542 g/mol. The Morgan fingerprint density at radius 3 is 0.841 bits per heavy atom. The van der Waals surface area contributed by atoms with Crippen LogP contribution in [0.2, 0.25) is 0 Å². The number of aromatic nitrogens is 5. The normalized spacial score (nSPS) is 11.5. The highest BCUT2D eigenvalue weighted by Crippen LogP contribution is 2.36. The van der Waals surface area contributed by atoms with Crippen LogP contribution < -0.4 is 9.80 Å². The number of hydrogen-bond acceptors (Lipinski definition) is 7. The molecule has 7 heteroatoms. The molecule has 0 atom stereocenters. The minimum atomic E-state index is 0.382. The molecule has 0 bridgehead atoms. The SMILES string of the molecule is CC(C)c1ccc(N(c2ccc(C(C)C)cn2)c2cccc(N(c3ccc(C(C)C)cn3)c3ccc(C(C)C)cn3)n2)nc1. The Bertz CT molecular complexity index is 1420. The lowest BCUT2D eigenvalue weighted by Crippen LogP contribution is -2.18. The first-order chi connectivity index (χ1) is 21.1. The minimum absolute atomic E-state index is 0.382. The number of rotatable bonds is 10. The van der Waals surface area contributed by atoms with Gasteiger partial charge in [-0.05, 0) is 82.3 Å². The van der Waals surface area contributed by atoms with Crippen molar-refractivity contribution in [3.63, 3.8) is 0 Å². The molecular formula is C37H43N7. The highest BCUT2D eigenvalue weighted by Gasteiger charge is 2.22. The van der Waals surface area contributed by atoms with Crippen LogP contribution in [0.5, 0.6) is 0 Å². The van der Waals surface area contributed by atoms with Gasteiger partial charge in [-0.3, -0.25) is 9.80 Å². The van der Waals surface area contributed by atoms with Crippen molar-refractivity contribution in [2.45, 2.75) is 79.1 Å². The van der Waals surface area contributed by atoms with E-state index in [1.54, 1.807) is 0 Å². The second-order valence-corrected chi connectivity index (χ2v) is 12.4. The zero-order chi connectivity index (χ0) is 31.4. The van der Waals surface area contributed by atoms with E-state index in [2.05, 4.69) is 79.7 Å². The Labute approximate surface area is 262 Å². The van der Waals surface area contributed by atoms with E-state index < -0.39 is 0 Å². The van der Waals surface area contributed by atoms with Gasteiger partial charge in [0, 0.05) is 24.8 Å². The molecule has 0 N–H and O–H groups in total. The van der Waals surface area contributed by atoms with Gasteiger partial charge in [-0.2, -0.15) is 0 Å². The molecule has 0 radical (unpaired) electrons. The van der Waals surface area contributed by atoms with Crippen molar-refractivity contribution in [2.75, 3.05) is 9.80 Å². The highest BCUT2D eigenvalue weighted by molar-refractivity contribution is 5.74. The lowest BCUT2D eigenvalue weighted by Gasteiger charge is -2.26. The third kappa shape index (κ3) is 6.77. The van der Waals surface area contributed by atoms with Gasteiger partial charge in [-0.25, -0.2) is 24.9 Å². The van der Waals surface area contributed by atoms with Crippen LogP contribution in [-0.4, -0.2) is 24.9 Å². The van der Waals surface area contributed by atoms with E-state index in [4.69, 9.17) is 24.9 Å². The van der Waals surface area contributed by atoms with E-state index in [1.807, 2.05) is 77.1 Å². The van der Waals surface area contributed by atoms with Crippen LogP contribution in [0.3, 0.4) is 0 Å². The molecule has 0 aliphatic carbocycles. The van der Waals surface area contributed by atoms with Crippen LogP contribution in [0.1, 0.15) is 101 Å². The number of anilines is 6. The van der Waals surface area contributed by atoms with Crippen LogP contribution in [0.4, 0.5) is 34.9 Å². The fraction of sp³-hybridized carbons (Fsp3) is 0.324. The molecule has 0 aliphatic heterocycles. The molecule has 0 saturated carbocycles. The summed E-state index contributed by atoms with van der Waals surface area (Å²) in [5, 5.41) is 0. The van der Waals surface area contributed by atoms with E-state index in [-0.39, 0.29) is 0 Å². The number of hydrogen-bond donors (Lipinski definition) is 0. The quantitative estimate of drug-likeness (QED) is 0.161. The number of pyridine rings is 5. The third-order valence-corrected chi connectivity index (χ3v) is 7.84. The van der Waals surface area contributed by atoms with Crippen molar-refractivity contribution in [3.8, 4) is 0 Å². The van der Waals surface area contributed by atoms with Gasteiger partial charge in [-0.15, -0.1) is 0 Å². The molecule has 0 aromatic carbocycles. The van der Waals surface area contributed by atoms with Crippen LogP contribution in [-0.2, 0) is 0 Å². The predicted octanol–water partition coefficient (Wildman–Crippen LogP) is 10.1. The van der Waals surface area contributed by atoms with E-state index in [9.17, 15) is 0 Å². The summed E-state index contributed by atoms with van der Waals surface area (Å²) in [7, 11) is 0. The van der Waals surface area contributed by atoms with Crippen LogP contribution in [0, 0.1) is 0 Å². The van der Waals surface area contributed by atoms with Crippen molar-refractivity contribution < 1.29 is 0 Å². The average Bonchev–Trinajstić information content (AvgIpc) is 3.02. The third-order valence-electron chi connectivity index (χ3n) is 7.84. The summed E-state index contributed by atoms with van der Waals surface area (Å²) < 4.78 is 0. The minimum Gasteiger partial charge on any atom is -0.262 e. The fourth-order valence-corrected chi connectivity index (χ4v) is 4.85. The van der Waals surface area contributed by atoms with Gasteiger partial charge in [0.15, 0.2) is 0 Å². The van der Waals surface area contributed by atoms with E-state index in [1.165, 1.54) is 22.3 Å².